The molecule has 2 heterocycles. The van der Waals surface area contributed by atoms with Crippen molar-refractivity contribution in [1.82, 2.24) is 15.2 Å². The smallest absolute Gasteiger partial charge is 0.252 e. The molecule has 0 saturated carbocycles. The quantitative estimate of drug-likeness (QED) is 0.375. The predicted octanol–water partition coefficient (Wildman–Crippen LogP) is 4.58. The van der Waals surface area contributed by atoms with Gasteiger partial charge in [-0.2, -0.15) is 0 Å². The molecule has 0 bridgehead atoms. The second-order valence-corrected chi connectivity index (χ2v) is 10.3. The molecule has 2 N–H and O–H groups in total. The third kappa shape index (κ3) is 5.68. The van der Waals surface area contributed by atoms with Gasteiger partial charge < -0.3 is 20.4 Å². The minimum atomic E-state index is -0.113. The van der Waals surface area contributed by atoms with Gasteiger partial charge in [-0.3, -0.25) is 14.6 Å². The van der Waals surface area contributed by atoms with Crippen LogP contribution in [0.15, 0.2) is 96.8 Å². The molecule has 0 unspecified atom stereocenters. The first-order valence-corrected chi connectivity index (χ1v) is 13.3. The number of carbonyl (C=O) groups is 2. The van der Waals surface area contributed by atoms with Gasteiger partial charge in [0.25, 0.3) is 11.8 Å². The van der Waals surface area contributed by atoms with E-state index in [0.717, 1.165) is 59.3 Å². The van der Waals surface area contributed by atoms with Gasteiger partial charge >= 0.3 is 0 Å². The number of hydrogen-bond donors (Lipinski definition) is 2. The Morgan fingerprint density at radius 3 is 2.41 bits per heavy atom. The van der Waals surface area contributed by atoms with E-state index in [1.54, 1.807) is 12.4 Å². The molecule has 0 spiro atoms. The molecule has 1 aliphatic carbocycles. The monoisotopic (exact) mass is 517 g/mol. The second-order valence-electron chi connectivity index (χ2n) is 10.3. The summed E-state index contributed by atoms with van der Waals surface area (Å²) in [6.07, 6.45) is 5.49. The Morgan fingerprint density at radius 2 is 1.64 bits per heavy atom. The van der Waals surface area contributed by atoms with E-state index in [0.29, 0.717) is 12.1 Å². The Labute approximate surface area is 228 Å². The summed E-state index contributed by atoms with van der Waals surface area (Å²) in [4.78, 5) is 34.3. The predicted molar refractivity (Wildman–Crippen MR) is 155 cm³/mol. The average Bonchev–Trinajstić information content (AvgIpc) is 3.78. The molecule has 7 nitrogen and oxygen atoms in total. The van der Waals surface area contributed by atoms with E-state index < -0.39 is 0 Å². The third-order valence-corrected chi connectivity index (χ3v) is 7.52. The van der Waals surface area contributed by atoms with Gasteiger partial charge in [-0.05, 0) is 66.0 Å². The zero-order chi connectivity index (χ0) is 26.8. The van der Waals surface area contributed by atoms with Gasteiger partial charge in [-0.1, -0.05) is 36.4 Å². The van der Waals surface area contributed by atoms with Crippen molar-refractivity contribution >= 4 is 34.0 Å². The summed E-state index contributed by atoms with van der Waals surface area (Å²) < 4.78 is 0. The van der Waals surface area contributed by atoms with Gasteiger partial charge in [-0.25, -0.2) is 0 Å². The number of aromatic nitrogens is 1. The van der Waals surface area contributed by atoms with E-state index in [9.17, 15) is 9.59 Å². The first-order chi connectivity index (χ1) is 19.0. The standard InChI is InChI=1S/C32H31N5O2/c1-36-14-16-37(17-15-36)28-10-2-22(3-11-28)20-34-31(38)24-6-4-23(5-7-24)29-19-30(29)32(39)35-27-9-8-26-21-33-13-12-25(26)18-27/h2-13,18-19,21,29H,14-17,20H2,1H3,(H,34,38)(H,35,39)/t29-/m0/s1. The SMILES string of the molecule is CN1CCN(c2ccc(CNC(=O)c3ccc([C@@H]4C=C4C(=O)Nc4ccc5cnccc5c4)cc3)cc2)CC1. The van der Waals surface area contributed by atoms with Gasteiger partial charge in [0.2, 0.25) is 0 Å². The molecule has 1 saturated heterocycles. The molecule has 2 aliphatic rings. The maximum Gasteiger partial charge on any atom is 0.252 e. The van der Waals surface area contributed by atoms with Crippen molar-refractivity contribution < 1.29 is 9.59 Å². The fraction of sp³-hybridized carbons (Fsp3) is 0.219. The number of fused-ring (bicyclic) bond motifs is 1. The van der Waals surface area contributed by atoms with Gasteiger partial charge in [0.05, 0.1) is 0 Å². The van der Waals surface area contributed by atoms with Gasteiger partial charge in [-0.15, -0.1) is 0 Å². The number of nitrogens with one attached hydrogen (secondary N) is 2. The Balaban J connectivity index is 0.993. The van der Waals surface area contributed by atoms with Crippen LogP contribution in [0.25, 0.3) is 10.8 Å². The van der Waals surface area contributed by atoms with Crippen LogP contribution in [0.4, 0.5) is 11.4 Å². The number of amides is 2. The van der Waals surface area contributed by atoms with Crippen LogP contribution in [0, 0.1) is 0 Å². The van der Waals surface area contributed by atoms with Crippen LogP contribution in [0.1, 0.15) is 27.4 Å². The molecule has 1 aliphatic heterocycles. The molecule has 1 fully saturated rings. The number of benzene rings is 3. The minimum Gasteiger partial charge on any atom is -0.369 e. The number of likely N-dealkylation sites (N-methyl/N-ethyl adjacent to an activating group) is 1. The number of hydrogen-bond acceptors (Lipinski definition) is 5. The summed E-state index contributed by atoms with van der Waals surface area (Å²) in [6.45, 7) is 4.70. The summed E-state index contributed by atoms with van der Waals surface area (Å²) in [5, 5.41) is 8.05. The first-order valence-electron chi connectivity index (χ1n) is 13.3. The molecular formula is C32H31N5O2. The van der Waals surface area contributed by atoms with Crippen molar-refractivity contribution in [2.75, 3.05) is 43.4 Å². The summed E-state index contributed by atoms with van der Waals surface area (Å²) in [5.74, 6) is -0.239. The van der Waals surface area contributed by atoms with E-state index >= 15 is 0 Å². The number of nitrogens with zero attached hydrogens (tertiary/aromatic N) is 3. The van der Waals surface area contributed by atoms with Crippen molar-refractivity contribution in [1.29, 1.82) is 0 Å². The van der Waals surface area contributed by atoms with E-state index in [1.165, 1.54) is 5.69 Å². The third-order valence-electron chi connectivity index (χ3n) is 7.52. The van der Waals surface area contributed by atoms with Crippen LogP contribution >= 0.6 is 0 Å². The molecule has 196 valence electrons. The Bertz CT molecular complexity index is 1540. The Hall–Kier alpha value is -4.49. The van der Waals surface area contributed by atoms with Crippen molar-refractivity contribution in [3.8, 4) is 0 Å². The highest BCUT2D eigenvalue weighted by Gasteiger charge is 2.32. The lowest BCUT2D eigenvalue weighted by Crippen LogP contribution is -2.44. The van der Waals surface area contributed by atoms with Crippen LogP contribution in [0.2, 0.25) is 0 Å². The molecule has 4 aromatic rings. The fourth-order valence-electron chi connectivity index (χ4n) is 5.00. The zero-order valence-electron chi connectivity index (χ0n) is 21.9. The van der Waals surface area contributed by atoms with Crippen LogP contribution in [0.3, 0.4) is 0 Å². The molecule has 7 heteroatoms. The van der Waals surface area contributed by atoms with Gasteiger partial charge in [0, 0.05) is 78.9 Å². The second kappa shape index (κ2) is 10.7. The first kappa shape index (κ1) is 24.8. The van der Waals surface area contributed by atoms with Gasteiger partial charge in [0.1, 0.15) is 0 Å². The van der Waals surface area contributed by atoms with E-state index in [4.69, 9.17) is 0 Å². The lowest BCUT2D eigenvalue weighted by molar-refractivity contribution is -0.112. The number of pyridine rings is 1. The largest absolute Gasteiger partial charge is 0.369 e. The van der Waals surface area contributed by atoms with Crippen LogP contribution in [0.5, 0.6) is 0 Å². The topological polar surface area (TPSA) is 77.6 Å². The molecule has 3 aromatic carbocycles. The number of anilines is 2. The number of carbonyl (C=O) groups excluding carboxylic acids is 2. The highest BCUT2D eigenvalue weighted by atomic mass is 16.2. The molecule has 0 radical (unpaired) electrons. The summed E-state index contributed by atoms with van der Waals surface area (Å²) in [6, 6.07) is 23.6. The van der Waals surface area contributed by atoms with Crippen LogP contribution in [-0.2, 0) is 11.3 Å². The van der Waals surface area contributed by atoms with Crippen LogP contribution in [-0.4, -0.2) is 54.9 Å². The van der Waals surface area contributed by atoms with Crippen LogP contribution < -0.4 is 15.5 Å². The lowest BCUT2D eigenvalue weighted by atomic mass is 10.0. The van der Waals surface area contributed by atoms with Crippen molar-refractivity contribution in [2.45, 2.75) is 12.5 Å². The summed E-state index contributed by atoms with van der Waals surface area (Å²) in [7, 11) is 2.15. The number of piperazine rings is 1. The molecule has 6 rings (SSSR count). The molecule has 1 aromatic heterocycles. The number of rotatable bonds is 7. The normalized spacial score (nSPS) is 17.0. The van der Waals surface area contributed by atoms with E-state index in [-0.39, 0.29) is 17.7 Å². The van der Waals surface area contributed by atoms with E-state index in [1.807, 2.05) is 54.6 Å². The lowest BCUT2D eigenvalue weighted by Gasteiger charge is -2.34. The highest BCUT2D eigenvalue weighted by Crippen LogP contribution is 2.40. The Morgan fingerprint density at radius 1 is 0.872 bits per heavy atom. The molecular weight excluding hydrogens is 486 g/mol. The average molecular weight is 518 g/mol. The maximum absolute atomic E-state index is 12.8. The molecule has 39 heavy (non-hydrogen) atoms. The van der Waals surface area contributed by atoms with E-state index in [2.05, 4.69) is 56.7 Å². The summed E-state index contributed by atoms with van der Waals surface area (Å²) in [5.41, 5.74) is 5.39. The number of allylic oxidation sites excluding steroid dienone is 1. The Kier molecular flexibility index (Phi) is 6.82. The highest BCUT2D eigenvalue weighted by molar-refractivity contribution is 6.09. The molecule has 2 amide bonds. The minimum absolute atomic E-state index is 0.0226. The maximum atomic E-state index is 12.8. The van der Waals surface area contributed by atoms with Crippen molar-refractivity contribution in [2.24, 2.45) is 0 Å². The van der Waals surface area contributed by atoms with Crippen molar-refractivity contribution in [3.05, 3.63) is 114 Å². The van der Waals surface area contributed by atoms with Crippen molar-refractivity contribution in [3.63, 3.8) is 0 Å². The molecule has 1 atom stereocenters. The fourth-order valence-corrected chi connectivity index (χ4v) is 5.00. The summed E-state index contributed by atoms with van der Waals surface area (Å²) >= 11 is 0. The van der Waals surface area contributed by atoms with Gasteiger partial charge in [0.15, 0.2) is 0 Å². The zero-order valence-corrected chi connectivity index (χ0v) is 21.9.